The lowest BCUT2D eigenvalue weighted by Gasteiger charge is -2.20. The summed E-state index contributed by atoms with van der Waals surface area (Å²) in [5.41, 5.74) is 2.48. The van der Waals surface area contributed by atoms with Crippen molar-refractivity contribution < 1.29 is 9.53 Å². The molecule has 0 spiro atoms. The molecule has 0 radical (unpaired) electrons. The van der Waals surface area contributed by atoms with Crippen molar-refractivity contribution in [2.75, 3.05) is 20.2 Å². The highest BCUT2D eigenvalue weighted by atomic mass is 79.9. The first kappa shape index (κ1) is 21.3. The molecule has 2 aromatic carbocycles. The molecule has 4 nitrogen and oxygen atoms in total. The van der Waals surface area contributed by atoms with Crippen LogP contribution in [-0.4, -0.2) is 31.1 Å². The van der Waals surface area contributed by atoms with Crippen LogP contribution in [0.15, 0.2) is 53.0 Å². The molecule has 0 fully saturated rings. The van der Waals surface area contributed by atoms with Gasteiger partial charge in [-0.25, -0.2) is 4.79 Å². The molecular formula is C22H29BrN2O2. The van der Waals surface area contributed by atoms with E-state index in [-0.39, 0.29) is 11.4 Å². The Balaban J connectivity index is 1.70. The number of rotatable bonds is 7. The molecule has 2 amide bonds. The number of hydrogen-bond acceptors (Lipinski definition) is 2. The van der Waals surface area contributed by atoms with Gasteiger partial charge in [-0.15, -0.1) is 0 Å². The van der Waals surface area contributed by atoms with Crippen molar-refractivity contribution in [3.05, 3.63) is 64.1 Å². The van der Waals surface area contributed by atoms with Crippen LogP contribution >= 0.6 is 15.9 Å². The first-order valence-electron chi connectivity index (χ1n) is 9.23. The molecule has 0 aliphatic carbocycles. The van der Waals surface area contributed by atoms with E-state index < -0.39 is 0 Å². The van der Waals surface area contributed by atoms with Crippen molar-refractivity contribution in [3.8, 4) is 5.75 Å². The summed E-state index contributed by atoms with van der Waals surface area (Å²) in [6.07, 6.45) is 0.748. The molecule has 146 valence electrons. The summed E-state index contributed by atoms with van der Waals surface area (Å²) < 4.78 is 6.79. The Morgan fingerprint density at radius 1 is 1.15 bits per heavy atom. The molecule has 0 atom stereocenters. The van der Waals surface area contributed by atoms with Gasteiger partial charge in [0.25, 0.3) is 0 Å². The van der Waals surface area contributed by atoms with E-state index in [4.69, 9.17) is 4.74 Å². The van der Waals surface area contributed by atoms with Crippen molar-refractivity contribution in [2.24, 2.45) is 0 Å². The number of urea groups is 1. The molecule has 0 saturated carbocycles. The number of nitrogens with one attached hydrogen (secondary N) is 1. The van der Waals surface area contributed by atoms with Crippen LogP contribution in [0.1, 0.15) is 38.3 Å². The van der Waals surface area contributed by atoms with E-state index in [1.165, 1.54) is 5.56 Å². The summed E-state index contributed by atoms with van der Waals surface area (Å²) in [5, 5.41) is 2.93. The van der Waals surface area contributed by atoms with Crippen molar-refractivity contribution in [3.63, 3.8) is 0 Å². The molecule has 27 heavy (non-hydrogen) atoms. The number of nitrogens with zero attached hydrogens (tertiary/aromatic N) is 1. The molecule has 0 aliphatic heterocycles. The van der Waals surface area contributed by atoms with Gasteiger partial charge < -0.3 is 15.0 Å². The minimum Gasteiger partial charge on any atom is -0.492 e. The van der Waals surface area contributed by atoms with Crippen LogP contribution in [0.2, 0.25) is 0 Å². The van der Waals surface area contributed by atoms with Gasteiger partial charge in [0.2, 0.25) is 0 Å². The van der Waals surface area contributed by atoms with Crippen LogP contribution in [0.4, 0.5) is 4.79 Å². The fourth-order valence-electron chi connectivity index (χ4n) is 2.60. The van der Waals surface area contributed by atoms with E-state index in [0.717, 1.165) is 22.2 Å². The van der Waals surface area contributed by atoms with E-state index >= 15 is 0 Å². The molecule has 2 aromatic rings. The van der Waals surface area contributed by atoms with Crippen LogP contribution in [0.3, 0.4) is 0 Å². The fraction of sp³-hybridized carbons (Fsp3) is 0.409. The summed E-state index contributed by atoms with van der Waals surface area (Å²) in [7, 11) is 1.80. The van der Waals surface area contributed by atoms with E-state index in [1.807, 2.05) is 36.4 Å². The third kappa shape index (κ3) is 6.90. The fourth-order valence-corrected chi connectivity index (χ4v) is 3.09. The maximum atomic E-state index is 12.1. The molecule has 0 heterocycles. The predicted molar refractivity (Wildman–Crippen MR) is 114 cm³/mol. The van der Waals surface area contributed by atoms with Crippen LogP contribution in [0.25, 0.3) is 0 Å². The normalized spacial score (nSPS) is 11.1. The number of benzene rings is 2. The highest BCUT2D eigenvalue weighted by molar-refractivity contribution is 9.10. The van der Waals surface area contributed by atoms with E-state index in [9.17, 15) is 4.79 Å². The Kier molecular flexibility index (Phi) is 7.72. The van der Waals surface area contributed by atoms with Gasteiger partial charge in [-0.1, -0.05) is 57.2 Å². The molecule has 0 bridgehead atoms. The second-order valence-electron chi connectivity index (χ2n) is 7.67. The quantitative estimate of drug-likeness (QED) is 0.598. The topological polar surface area (TPSA) is 41.6 Å². The monoisotopic (exact) mass is 432 g/mol. The predicted octanol–water partition coefficient (Wildman–Crippen LogP) is 5.36. The number of amides is 2. The van der Waals surface area contributed by atoms with Gasteiger partial charge in [0, 0.05) is 20.1 Å². The van der Waals surface area contributed by atoms with Crippen molar-refractivity contribution in [1.29, 1.82) is 0 Å². The van der Waals surface area contributed by atoms with E-state index in [1.54, 1.807) is 11.9 Å². The van der Waals surface area contributed by atoms with Crippen molar-refractivity contribution in [2.45, 2.75) is 39.2 Å². The maximum Gasteiger partial charge on any atom is 0.317 e. The molecule has 2 rings (SSSR count). The smallest absolute Gasteiger partial charge is 0.317 e. The van der Waals surface area contributed by atoms with Crippen LogP contribution in [0, 0.1) is 0 Å². The van der Waals surface area contributed by atoms with Gasteiger partial charge in [0.1, 0.15) is 5.75 Å². The molecule has 0 aromatic heterocycles. The molecule has 5 heteroatoms. The van der Waals surface area contributed by atoms with Gasteiger partial charge in [-0.05, 0) is 51.0 Å². The SMILES string of the molecule is CN(Cc1ccccc1)C(=O)NCCCOc1ccc(C(C)(C)C)cc1Br. The first-order chi connectivity index (χ1) is 12.8. The first-order valence-corrected chi connectivity index (χ1v) is 10.0. The lowest BCUT2D eigenvalue weighted by molar-refractivity contribution is 0.205. The Hall–Kier alpha value is -2.01. The second-order valence-corrected chi connectivity index (χ2v) is 8.53. The Morgan fingerprint density at radius 2 is 1.85 bits per heavy atom. The molecule has 0 aliphatic rings. The summed E-state index contributed by atoms with van der Waals surface area (Å²) in [6.45, 7) is 8.29. The zero-order chi connectivity index (χ0) is 19.9. The summed E-state index contributed by atoms with van der Waals surface area (Å²) in [4.78, 5) is 13.8. The zero-order valence-electron chi connectivity index (χ0n) is 16.6. The average Bonchev–Trinajstić information content (AvgIpc) is 2.62. The lowest BCUT2D eigenvalue weighted by atomic mass is 9.87. The minimum atomic E-state index is -0.0745. The van der Waals surface area contributed by atoms with E-state index in [0.29, 0.717) is 19.7 Å². The number of ether oxygens (including phenoxy) is 1. The van der Waals surface area contributed by atoms with Gasteiger partial charge >= 0.3 is 6.03 Å². The Labute approximate surface area is 171 Å². The highest BCUT2D eigenvalue weighted by Crippen LogP contribution is 2.31. The number of hydrogen-bond donors (Lipinski definition) is 1. The van der Waals surface area contributed by atoms with Gasteiger partial charge in [-0.3, -0.25) is 0 Å². The Morgan fingerprint density at radius 3 is 2.48 bits per heavy atom. The number of halogens is 1. The largest absolute Gasteiger partial charge is 0.492 e. The van der Waals surface area contributed by atoms with Gasteiger partial charge in [0.05, 0.1) is 11.1 Å². The summed E-state index contributed by atoms with van der Waals surface area (Å²) in [5.74, 6) is 0.829. The van der Waals surface area contributed by atoms with Gasteiger partial charge in [-0.2, -0.15) is 0 Å². The summed E-state index contributed by atoms with van der Waals surface area (Å²) in [6, 6.07) is 16.1. The Bertz CT molecular complexity index is 742. The molecular weight excluding hydrogens is 404 g/mol. The lowest BCUT2D eigenvalue weighted by Crippen LogP contribution is -2.37. The van der Waals surface area contributed by atoms with Crippen LogP contribution < -0.4 is 10.1 Å². The van der Waals surface area contributed by atoms with E-state index in [2.05, 4.69) is 54.2 Å². The van der Waals surface area contributed by atoms with Crippen molar-refractivity contribution in [1.82, 2.24) is 10.2 Å². The van der Waals surface area contributed by atoms with Crippen LogP contribution in [0.5, 0.6) is 5.75 Å². The molecule has 0 saturated heterocycles. The molecule has 0 unspecified atom stereocenters. The third-order valence-corrected chi connectivity index (χ3v) is 4.88. The highest BCUT2D eigenvalue weighted by Gasteiger charge is 2.15. The van der Waals surface area contributed by atoms with Crippen molar-refractivity contribution >= 4 is 22.0 Å². The third-order valence-electron chi connectivity index (χ3n) is 4.26. The summed E-state index contributed by atoms with van der Waals surface area (Å²) >= 11 is 3.58. The average molecular weight is 433 g/mol. The zero-order valence-corrected chi connectivity index (χ0v) is 18.2. The number of carbonyl (C=O) groups is 1. The maximum absolute atomic E-state index is 12.1. The van der Waals surface area contributed by atoms with Gasteiger partial charge in [0.15, 0.2) is 0 Å². The second kappa shape index (κ2) is 9.79. The molecule has 1 N–H and O–H groups in total. The minimum absolute atomic E-state index is 0.0745. The van der Waals surface area contributed by atoms with Crippen LogP contribution in [-0.2, 0) is 12.0 Å². The standard InChI is InChI=1S/C22H29BrN2O2/c1-22(2,3)18-11-12-20(19(23)15-18)27-14-8-13-24-21(26)25(4)16-17-9-6-5-7-10-17/h5-7,9-12,15H,8,13-14,16H2,1-4H3,(H,24,26). The number of carbonyl (C=O) groups excluding carboxylic acids is 1.